The van der Waals surface area contributed by atoms with Crippen LogP contribution in [0.5, 0.6) is 0 Å². The second-order valence-electron chi connectivity index (χ2n) is 3.51. The lowest BCUT2D eigenvalue weighted by atomic mass is 9.40. The van der Waals surface area contributed by atoms with Crippen molar-refractivity contribution in [3.05, 3.63) is 0 Å². The Morgan fingerprint density at radius 3 is 2.27 bits per heavy atom. The number of hydrogen-bond acceptors (Lipinski definition) is 0. The van der Waals surface area contributed by atoms with Crippen LogP contribution < -0.4 is 0 Å². The van der Waals surface area contributed by atoms with Crippen LogP contribution in [-0.4, -0.2) is 22.8 Å². The van der Waals surface area contributed by atoms with Gasteiger partial charge in [0.05, 0.1) is 15.0 Å². The standard InChI is InChI=1S/C8H14B3/c9-7-5-3-1-2-4-6-8(7)11-10/h7-8H,1-6H2. The van der Waals surface area contributed by atoms with Crippen molar-refractivity contribution < 1.29 is 0 Å². The lowest BCUT2D eigenvalue weighted by molar-refractivity contribution is 0.503. The van der Waals surface area contributed by atoms with Crippen molar-refractivity contribution in [2.45, 2.75) is 50.2 Å². The van der Waals surface area contributed by atoms with Crippen molar-refractivity contribution in [1.29, 1.82) is 0 Å². The predicted octanol–water partition coefficient (Wildman–Crippen LogP) is 1.87. The summed E-state index contributed by atoms with van der Waals surface area (Å²) in [5.74, 6) is 0.788. The lowest BCUT2D eigenvalue weighted by Gasteiger charge is -2.25. The van der Waals surface area contributed by atoms with Gasteiger partial charge in [-0.15, -0.1) is 0 Å². The smallest absolute Gasteiger partial charge is 0.0693 e. The van der Waals surface area contributed by atoms with Crippen molar-refractivity contribution in [2.24, 2.45) is 0 Å². The highest BCUT2D eigenvalue weighted by Crippen LogP contribution is 2.33. The minimum Gasteiger partial charge on any atom is -0.0831 e. The molecule has 1 aliphatic carbocycles. The van der Waals surface area contributed by atoms with Crippen molar-refractivity contribution >= 4 is 22.8 Å². The van der Waals surface area contributed by atoms with E-state index < -0.39 is 0 Å². The second-order valence-corrected chi connectivity index (χ2v) is 3.51. The third kappa shape index (κ3) is 2.97. The maximum atomic E-state index is 5.95. The van der Waals surface area contributed by atoms with E-state index in [-0.39, 0.29) is 0 Å². The molecule has 0 bridgehead atoms. The Labute approximate surface area is 73.6 Å². The molecule has 0 amide bonds. The highest BCUT2D eigenvalue weighted by molar-refractivity contribution is 6.90. The Balaban J connectivity index is 2.33. The molecule has 0 N–H and O–H groups in total. The van der Waals surface area contributed by atoms with E-state index >= 15 is 0 Å². The molecular weight excluding hydrogens is 129 g/mol. The quantitative estimate of drug-likeness (QED) is 0.491. The van der Waals surface area contributed by atoms with Gasteiger partial charge in [0.2, 0.25) is 0 Å². The van der Waals surface area contributed by atoms with Crippen LogP contribution in [0.15, 0.2) is 0 Å². The van der Waals surface area contributed by atoms with E-state index in [0.29, 0.717) is 11.6 Å². The van der Waals surface area contributed by atoms with E-state index in [1.807, 2.05) is 0 Å². The van der Waals surface area contributed by atoms with Crippen LogP contribution in [0, 0.1) is 0 Å². The summed E-state index contributed by atoms with van der Waals surface area (Å²) >= 11 is 0. The van der Waals surface area contributed by atoms with Crippen molar-refractivity contribution in [3.63, 3.8) is 0 Å². The van der Waals surface area contributed by atoms with Gasteiger partial charge in [0.1, 0.15) is 0 Å². The van der Waals surface area contributed by atoms with Crippen LogP contribution in [-0.2, 0) is 0 Å². The Kier molecular flexibility index (Phi) is 4.18. The summed E-state index contributed by atoms with van der Waals surface area (Å²) < 4.78 is 0. The molecule has 0 saturated heterocycles. The molecule has 1 rings (SSSR count). The van der Waals surface area contributed by atoms with Gasteiger partial charge >= 0.3 is 0 Å². The molecule has 2 atom stereocenters. The molecule has 55 valence electrons. The van der Waals surface area contributed by atoms with Gasteiger partial charge in [-0.1, -0.05) is 50.2 Å². The Bertz CT molecular complexity index is 106. The molecule has 0 aromatic rings. The first kappa shape index (κ1) is 9.28. The van der Waals surface area contributed by atoms with Crippen LogP contribution in [0.25, 0.3) is 0 Å². The normalized spacial score (nSPS) is 33.8. The van der Waals surface area contributed by atoms with Crippen LogP contribution >= 0.6 is 0 Å². The van der Waals surface area contributed by atoms with E-state index in [2.05, 4.69) is 0 Å². The number of rotatable bonds is 1. The molecule has 1 saturated carbocycles. The van der Waals surface area contributed by atoms with E-state index in [4.69, 9.17) is 15.6 Å². The maximum Gasteiger partial charge on any atom is 0.0693 e. The topological polar surface area (TPSA) is 0 Å². The molecule has 0 spiro atoms. The summed E-state index contributed by atoms with van der Waals surface area (Å²) in [5.41, 5.74) is 0. The first-order valence-electron chi connectivity index (χ1n) is 4.65. The molecule has 0 aromatic heterocycles. The van der Waals surface area contributed by atoms with Gasteiger partial charge in [-0.25, -0.2) is 0 Å². The largest absolute Gasteiger partial charge is 0.0831 e. The maximum absolute atomic E-state index is 5.95. The molecule has 11 heavy (non-hydrogen) atoms. The van der Waals surface area contributed by atoms with Crippen LogP contribution in [0.1, 0.15) is 38.5 Å². The third-order valence-corrected chi connectivity index (χ3v) is 2.62. The van der Waals surface area contributed by atoms with Crippen molar-refractivity contribution in [1.82, 2.24) is 0 Å². The van der Waals surface area contributed by atoms with Crippen molar-refractivity contribution in [3.8, 4) is 0 Å². The van der Waals surface area contributed by atoms with E-state index in [0.717, 1.165) is 6.42 Å². The van der Waals surface area contributed by atoms with Crippen molar-refractivity contribution in [2.75, 3.05) is 0 Å². The van der Waals surface area contributed by atoms with Gasteiger partial charge in [-0.05, 0) is 0 Å². The minimum absolute atomic E-state index is 0.320. The average molecular weight is 143 g/mol. The summed E-state index contributed by atoms with van der Waals surface area (Å²) in [4.78, 5) is 0. The molecule has 0 nitrogen and oxygen atoms in total. The lowest BCUT2D eigenvalue weighted by Crippen LogP contribution is -2.13. The summed E-state index contributed by atoms with van der Waals surface area (Å²) in [6.07, 6.45) is 7.63. The molecule has 5 radical (unpaired) electrons. The molecule has 3 heteroatoms. The van der Waals surface area contributed by atoms with Gasteiger partial charge in [-0.3, -0.25) is 0 Å². The minimum atomic E-state index is 0.320. The summed E-state index contributed by atoms with van der Waals surface area (Å²) in [6.45, 7) is 0. The SMILES string of the molecule is [B][B]C1CCCCCCC1[B]. The molecule has 1 aliphatic rings. The fourth-order valence-corrected chi connectivity index (χ4v) is 1.78. The highest BCUT2D eigenvalue weighted by Gasteiger charge is 2.15. The van der Waals surface area contributed by atoms with Crippen LogP contribution in [0.3, 0.4) is 0 Å². The Hall–Kier alpha value is 0.195. The zero-order chi connectivity index (χ0) is 8.10. The average Bonchev–Trinajstić information content (AvgIpc) is 1.98. The fourth-order valence-electron chi connectivity index (χ4n) is 1.78. The van der Waals surface area contributed by atoms with Gasteiger partial charge in [0, 0.05) is 7.74 Å². The Morgan fingerprint density at radius 2 is 1.64 bits per heavy atom. The first-order valence-corrected chi connectivity index (χ1v) is 4.65. The van der Waals surface area contributed by atoms with Gasteiger partial charge < -0.3 is 0 Å². The summed E-state index contributed by atoms with van der Waals surface area (Å²) in [5, 5.41) is 0. The van der Waals surface area contributed by atoms with E-state index in [9.17, 15) is 0 Å². The molecular formula is C8H14B3. The first-order chi connectivity index (χ1) is 5.34. The van der Waals surface area contributed by atoms with Gasteiger partial charge in [-0.2, -0.15) is 0 Å². The highest BCUT2D eigenvalue weighted by atomic mass is 14.1. The Morgan fingerprint density at radius 1 is 1.00 bits per heavy atom. The zero-order valence-corrected chi connectivity index (χ0v) is 7.13. The molecule has 0 aliphatic heterocycles. The van der Waals surface area contributed by atoms with Crippen LogP contribution in [0.4, 0.5) is 0 Å². The summed E-state index contributed by atoms with van der Waals surface area (Å²) in [6, 6.07) is 0. The monoisotopic (exact) mass is 143 g/mol. The third-order valence-electron chi connectivity index (χ3n) is 2.62. The van der Waals surface area contributed by atoms with Gasteiger partial charge in [0.15, 0.2) is 0 Å². The van der Waals surface area contributed by atoms with Gasteiger partial charge in [0.25, 0.3) is 0 Å². The number of hydrogen-bond donors (Lipinski definition) is 0. The summed E-state index contributed by atoms with van der Waals surface area (Å²) in [7, 11) is 13.2. The molecule has 2 unspecified atom stereocenters. The van der Waals surface area contributed by atoms with E-state index in [1.54, 1.807) is 7.17 Å². The van der Waals surface area contributed by atoms with Crippen LogP contribution in [0.2, 0.25) is 11.6 Å². The predicted molar refractivity (Wildman–Crippen MR) is 52.5 cm³/mol. The second kappa shape index (κ2) is 4.95. The fraction of sp³-hybridized carbons (Fsp3) is 1.00. The zero-order valence-electron chi connectivity index (χ0n) is 7.13. The molecule has 1 fully saturated rings. The molecule has 0 heterocycles. The van der Waals surface area contributed by atoms with E-state index in [1.165, 1.54) is 32.1 Å². The molecule has 0 aromatic carbocycles.